The Bertz CT molecular complexity index is 599. The maximum Gasteiger partial charge on any atom is 0.255 e. The Labute approximate surface area is 122 Å². The summed E-state index contributed by atoms with van der Waals surface area (Å²) in [6, 6.07) is 12.5. The van der Waals surface area contributed by atoms with E-state index in [0.29, 0.717) is 30.2 Å². The zero-order valence-corrected chi connectivity index (χ0v) is 11.6. The second-order valence-electron chi connectivity index (χ2n) is 4.33. The van der Waals surface area contributed by atoms with Gasteiger partial charge >= 0.3 is 0 Å². The van der Waals surface area contributed by atoms with Crippen LogP contribution in [-0.4, -0.2) is 26.2 Å². The molecule has 0 aliphatic rings. The van der Waals surface area contributed by atoms with Gasteiger partial charge in [0.1, 0.15) is 18.2 Å². The lowest BCUT2D eigenvalue weighted by atomic mass is 10.2. The summed E-state index contributed by atoms with van der Waals surface area (Å²) in [6.07, 6.45) is 0. The van der Waals surface area contributed by atoms with Gasteiger partial charge in [-0.1, -0.05) is 6.07 Å². The topological polar surface area (TPSA) is 47.6 Å². The molecule has 0 atom stereocenters. The first-order chi connectivity index (χ1) is 10.2. The highest BCUT2D eigenvalue weighted by Gasteiger charge is 2.06. The Balaban J connectivity index is 1.96. The predicted molar refractivity (Wildman–Crippen MR) is 78.2 cm³/mol. The van der Waals surface area contributed by atoms with Crippen LogP contribution >= 0.6 is 0 Å². The van der Waals surface area contributed by atoms with Crippen LogP contribution in [0.25, 0.3) is 0 Å². The molecule has 2 rings (SSSR count). The van der Waals surface area contributed by atoms with Gasteiger partial charge in [-0.2, -0.15) is 0 Å². The van der Waals surface area contributed by atoms with E-state index in [1.54, 1.807) is 37.4 Å². The summed E-state index contributed by atoms with van der Waals surface area (Å²) in [7, 11) is 1.60. The van der Waals surface area contributed by atoms with E-state index in [1.807, 2.05) is 0 Å². The van der Waals surface area contributed by atoms with Crippen LogP contribution in [0.15, 0.2) is 48.5 Å². The van der Waals surface area contributed by atoms with Crippen LogP contribution in [0.4, 0.5) is 10.1 Å². The van der Waals surface area contributed by atoms with Gasteiger partial charge in [0, 0.05) is 18.4 Å². The van der Waals surface area contributed by atoms with Crippen LogP contribution in [0.5, 0.6) is 5.75 Å². The van der Waals surface area contributed by atoms with Crippen LogP contribution in [0.2, 0.25) is 0 Å². The lowest BCUT2D eigenvalue weighted by Gasteiger charge is -2.07. The highest BCUT2D eigenvalue weighted by Crippen LogP contribution is 2.15. The first-order valence-corrected chi connectivity index (χ1v) is 6.48. The minimum Gasteiger partial charge on any atom is -0.491 e. The van der Waals surface area contributed by atoms with E-state index in [-0.39, 0.29) is 5.91 Å². The third-order valence-electron chi connectivity index (χ3n) is 2.76. The molecule has 1 amide bonds. The van der Waals surface area contributed by atoms with Crippen LogP contribution in [-0.2, 0) is 4.74 Å². The molecule has 0 spiro atoms. The monoisotopic (exact) mass is 289 g/mol. The third-order valence-corrected chi connectivity index (χ3v) is 2.76. The van der Waals surface area contributed by atoms with Crippen molar-refractivity contribution in [2.45, 2.75) is 0 Å². The molecule has 5 heteroatoms. The number of ether oxygens (including phenoxy) is 2. The number of methoxy groups -OCH3 is 1. The van der Waals surface area contributed by atoms with Crippen molar-refractivity contribution in [2.24, 2.45) is 0 Å². The fourth-order valence-electron chi connectivity index (χ4n) is 1.71. The molecule has 0 aromatic heterocycles. The average molecular weight is 289 g/mol. The molecule has 0 saturated carbocycles. The van der Waals surface area contributed by atoms with E-state index >= 15 is 0 Å². The van der Waals surface area contributed by atoms with Crippen molar-refractivity contribution in [3.63, 3.8) is 0 Å². The summed E-state index contributed by atoms with van der Waals surface area (Å²) in [6.45, 7) is 0.952. The number of benzene rings is 2. The second-order valence-corrected chi connectivity index (χ2v) is 4.33. The van der Waals surface area contributed by atoms with Gasteiger partial charge < -0.3 is 14.8 Å². The SMILES string of the molecule is COCCOc1ccc(C(=O)Nc2cccc(F)c2)cc1. The van der Waals surface area contributed by atoms with E-state index in [1.165, 1.54) is 18.2 Å². The lowest BCUT2D eigenvalue weighted by Crippen LogP contribution is -2.12. The molecule has 110 valence electrons. The molecule has 2 aromatic carbocycles. The third kappa shape index (κ3) is 4.57. The van der Waals surface area contributed by atoms with Crippen LogP contribution < -0.4 is 10.1 Å². The van der Waals surface area contributed by atoms with Gasteiger partial charge in [0.15, 0.2) is 0 Å². The lowest BCUT2D eigenvalue weighted by molar-refractivity contribution is 0.102. The molecular formula is C16H16FNO3. The molecule has 0 fully saturated rings. The number of hydrogen-bond acceptors (Lipinski definition) is 3. The fourth-order valence-corrected chi connectivity index (χ4v) is 1.71. The number of rotatable bonds is 6. The van der Waals surface area contributed by atoms with Crippen molar-refractivity contribution >= 4 is 11.6 Å². The zero-order chi connectivity index (χ0) is 15.1. The highest BCUT2D eigenvalue weighted by atomic mass is 19.1. The molecule has 0 aliphatic heterocycles. The molecule has 0 unspecified atom stereocenters. The molecule has 2 aromatic rings. The van der Waals surface area contributed by atoms with Gasteiger partial charge in [0.2, 0.25) is 0 Å². The van der Waals surface area contributed by atoms with Crippen molar-refractivity contribution in [3.8, 4) is 5.75 Å². The molecule has 4 nitrogen and oxygen atoms in total. The first kappa shape index (κ1) is 15.0. The Morgan fingerprint density at radius 3 is 2.57 bits per heavy atom. The summed E-state index contributed by atoms with van der Waals surface area (Å²) < 4.78 is 23.3. The van der Waals surface area contributed by atoms with Crippen LogP contribution in [0.1, 0.15) is 10.4 Å². The number of anilines is 1. The van der Waals surface area contributed by atoms with Crippen LogP contribution in [0.3, 0.4) is 0 Å². The number of carbonyl (C=O) groups excluding carboxylic acids is 1. The van der Waals surface area contributed by atoms with Crippen molar-refractivity contribution in [1.29, 1.82) is 0 Å². The van der Waals surface area contributed by atoms with Crippen LogP contribution in [0, 0.1) is 5.82 Å². The van der Waals surface area contributed by atoms with Gasteiger partial charge in [-0.25, -0.2) is 4.39 Å². The Hall–Kier alpha value is -2.40. The smallest absolute Gasteiger partial charge is 0.255 e. The van der Waals surface area contributed by atoms with E-state index in [2.05, 4.69) is 5.32 Å². The minimum absolute atomic E-state index is 0.302. The molecule has 0 bridgehead atoms. The number of halogens is 1. The molecule has 0 radical (unpaired) electrons. The van der Waals surface area contributed by atoms with E-state index in [9.17, 15) is 9.18 Å². The number of hydrogen-bond donors (Lipinski definition) is 1. The predicted octanol–water partition coefficient (Wildman–Crippen LogP) is 3.10. The van der Waals surface area contributed by atoms with Crippen molar-refractivity contribution in [1.82, 2.24) is 0 Å². The summed E-state index contributed by atoms with van der Waals surface area (Å²) >= 11 is 0. The quantitative estimate of drug-likeness (QED) is 0.831. The minimum atomic E-state index is -0.394. The highest BCUT2D eigenvalue weighted by molar-refractivity contribution is 6.04. The van der Waals surface area contributed by atoms with Gasteiger partial charge in [-0.15, -0.1) is 0 Å². The summed E-state index contributed by atoms with van der Waals surface area (Å²) in [4.78, 5) is 12.0. The normalized spacial score (nSPS) is 10.2. The average Bonchev–Trinajstić information content (AvgIpc) is 2.48. The van der Waals surface area contributed by atoms with Gasteiger partial charge in [-0.05, 0) is 42.5 Å². The number of carbonyl (C=O) groups is 1. The number of amides is 1. The maximum atomic E-state index is 13.0. The Kier molecular flexibility index (Phi) is 5.29. The second kappa shape index (κ2) is 7.40. The fraction of sp³-hybridized carbons (Fsp3) is 0.188. The van der Waals surface area contributed by atoms with E-state index in [4.69, 9.17) is 9.47 Å². The number of nitrogens with one attached hydrogen (secondary N) is 1. The zero-order valence-electron chi connectivity index (χ0n) is 11.6. The molecule has 21 heavy (non-hydrogen) atoms. The molecular weight excluding hydrogens is 273 g/mol. The Morgan fingerprint density at radius 2 is 1.90 bits per heavy atom. The van der Waals surface area contributed by atoms with E-state index < -0.39 is 5.82 Å². The largest absolute Gasteiger partial charge is 0.491 e. The summed E-state index contributed by atoms with van der Waals surface area (Å²) in [5.74, 6) is -0.0342. The van der Waals surface area contributed by atoms with E-state index in [0.717, 1.165) is 0 Å². The van der Waals surface area contributed by atoms with Gasteiger partial charge in [-0.3, -0.25) is 4.79 Å². The van der Waals surface area contributed by atoms with Crippen molar-refractivity contribution in [2.75, 3.05) is 25.6 Å². The molecule has 1 N–H and O–H groups in total. The van der Waals surface area contributed by atoms with Gasteiger partial charge in [0.05, 0.1) is 6.61 Å². The molecule has 0 heterocycles. The molecule has 0 aliphatic carbocycles. The first-order valence-electron chi connectivity index (χ1n) is 6.48. The molecule has 0 saturated heterocycles. The summed E-state index contributed by atoms with van der Waals surface area (Å²) in [5, 5.41) is 2.63. The Morgan fingerprint density at radius 1 is 1.14 bits per heavy atom. The standard InChI is InChI=1S/C16H16FNO3/c1-20-9-10-21-15-7-5-12(6-8-15)16(19)18-14-4-2-3-13(17)11-14/h2-8,11H,9-10H2,1H3,(H,18,19). The van der Waals surface area contributed by atoms with Crippen molar-refractivity contribution in [3.05, 3.63) is 59.9 Å². The van der Waals surface area contributed by atoms with Crippen molar-refractivity contribution < 1.29 is 18.7 Å². The maximum absolute atomic E-state index is 13.0. The summed E-state index contributed by atoms with van der Waals surface area (Å²) in [5.41, 5.74) is 0.888. The van der Waals surface area contributed by atoms with Gasteiger partial charge in [0.25, 0.3) is 5.91 Å².